The van der Waals surface area contributed by atoms with Crippen LogP contribution in [0.2, 0.25) is 0 Å². The summed E-state index contributed by atoms with van der Waals surface area (Å²) in [6.45, 7) is 3.92. The van der Waals surface area contributed by atoms with E-state index in [9.17, 15) is 9.59 Å². The number of piperidine rings is 1. The first-order valence-electron chi connectivity index (χ1n) is 8.71. The molecule has 2 aliphatic rings. The Kier molecular flexibility index (Phi) is 6.16. The van der Waals surface area contributed by atoms with Gasteiger partial charge >= 0.3 is 0 Å². The molecule has 0 saturated carbocycles. The smallest absolute Gasteiger partial charge is 0.245 e. The van der Waals surface area contributed by atoms with Crippen molar-refractivity contribution in [3.05, 3.63) is 23.8 Å². The number of nitrogens with zero attached hydrogens (tertiary/aromatic N) is 2. The fraction of sp³-hybridized carbons (Fsp3) is 0.556. The Hall–Kier alpha value is -1.95. The van der Waals surface area contributed by atoms with Crippen molar-refractivity contribution in [1.29, 1.82) is 0 Å². The number of hydrogen-bond acceptors (Lipinski definition) is 4. The molecule has 6 nitrogen and oxygen atoms in total. The number of nitrogens with two attached hydrogens (primary N) is 2. The lowest BCUT2D eigenvalue weighted by Crippen LogP contribution is -2.52. The predicted molar refractivity (Wildman–Crippen MR) is 102 cm³/mol. The van der Waals surface area contributed by atoms with Crippen molar-refractivity contribution in [2.24, 2.45) is 11.7 Å². The largest absolute Gasteiger partial charge is 0.398 e. The normalized spacial score (nSPS) is 21.1. The van der Waals surface area contributed by atoms with Crippen LogP contribution in [0.4, 0.5) is 11.4 Å². The van der Waals surface area contributed by atoms with Crippen molar-refractivity contribution in [2.75, 3.05) is 30.3 Å². The van der Waals surface area contributed by atoms with Crippen LogP contribution in [-0.2, 0) is 16.0 Å². The van der Waals surface area contributed by atoms with Crippen LogP contribution >= 0.6 is 12.4 Å². The molecule has 1 aromatic carbocycles. The second kappa shape index (κ2) is 7.95. The molecule has 25 heavy (non-hydrogen) atoms. The Morgan fingerprint density at radius 2 is 2.00 bits per heavy atom. The zero-order chi connectivity index (χ0) is 17.3. The molecular weight excluding hydrogens is 340 g/mol. The van der Waals surface area contributed by atoms with Gasteiger partial charge in [-0.25, -0.2) is 0 Å². The van der Waals surface area contributed by atoms with Crippen LogP contribution in [0.15, 0.2) is 18.2 Å². The van der Waals surface area contributed by atoms with E-state index < -0.39 is 0 Å². The van der Waals surface area contributed by atoms with Crippen molar-refractivity contribution in [3.63, 3.8) is 0 Å². The van der Waals surface area contributed by atoms with Gasteiger partial charge < -0.3 is 21.3 Å². The third-order valence-electron chi connectivity index (χ3n) is 5.28. The average molecular weight is 367 g/mol. The lowest BCUT2D eigenvalue weighted by atomic mass is 9.95. The molecule has 1 saturated heterocycles. The molecule has 1 aromatic rings. The van der Waals surface area contributed by atoms with Gasteiger partial charge in [-0.15, -0.1) is 12.4 Å². The summed E-state index contributed by atoms with van der Waals surface area (Å²) in [5.41, 5.74) is 14.5. The fourth-order valence-electron chi connectivity index (χ4n) is 3.89. The van der Waals surface area contributed by atoms with Gasteiger partial charge in [-0.05, 0) is 50.3 Å². The van der Waals surface area contributed by atoms with Gasteiger partial charge in [0.15, 0.2) is 0 Å². The quantitative estimate of drug-likeness (QED) is 0.794. The highest BCUT2D eigenvalue weighted by molar-refractivity contribution is 5.87. The van der Waals surface area contributed by atoms with Crippen LogP contribution in [0, 0.1) is 5.92 Å². The predicted octanol–water partition coefficient (Wildman–Crippen LogP) is 1.56. The van der Waals surface area contributed by atoms with Crippen molar-refractivity contribution >= 4 is 35.6 Å². The standard InChI is InChI=1S/C18H26N4O2.ClH/c1-12(18(24)21-9-3-5-13(11-21)17(20)23)22-10-4-6-14-15(19)7-2-8-16(14)22;/h2,7-8,12-13H,3-6,9-11,19H2,1H3,(H2,20,23);1H. The zero-order valence-electron chi connectivity index (χ0n) is 14.6. The molecule has 3 rings (SSSR count). The van der Waals surface area contributed by atoms with Crippen LogP contribution in [0.25, 0.3) is 0 Å². The molecule has 4 N–H and O–H groups in total. The number of primary amides is 1. The van der Waals surface area contributed by atoms with Gasteiger partial charge in [-0.2, -0.15) is 0 Å². The summed E-state index contributed by atoms with van der Waals surface area (Å²) in [7, 11) is 0. The monoisotopic (exact) mass is 366 g/mol. The summed E-state index contributed by atoms with van der Waals surface area (Å²) >= 11 is 0. The number of halogens is 1. The van der Waals surface area contributed by atoms with Gasteiger partial charge in [0, 0.05) is 31.0 Å². The van der Waals surface area contributed by atoms with E-state index in [-0.39, 0.29) is 36.2 Å². The molecule has 2 amide bonds. The highest BCUT2D eigenvalue weighted by atomic mass is 35.5. The van der Waals surface area contributed by atoms with E-state index in [0.29, 0.717) is 13.1 Å². The van der Waals surface area contributed by atoms with Gasteiger partial charge in [-0.3, -0.25) is 9.59 Å². The van der Waals surface area contributed by atoms with E-state index in [4.69, 9.17) is 11.5 Å². The molecule has 2 atom stereocenters. The maximum absolute atomic E-state index is 13.0. The lowest BCUT2D eigenvalue weighted by Gasteiger charge is -2.40. The van der Waals surface area contributed by atoms with E-state index in [2.05, 4.69) is 4.90 Å². The molecule has 2 heterocycles. The fourth-order valence-corrected chi connectivity index (χ4v) is 3.89. The number of nitrogen functional groups attached to an aromatic ring is 1. The van der Waals surface area contributed by atoms with E-state index in [1.165, 1.54) is 0 Å². The van der Waals surface area contributed by atoms with Crippen LogP contribution in [0.3, 0.4) is 0 Å². The van der Waals surface area contributed by atoms with Crippen LogP contribution in [0.5, 0.6) is 0 Å². The third kappa shape index (κ3) is 3.84. The molecule has 138 valence electrons. The first-order valence-corrected chi connectivity index (χ1v) is 8.71. The summed E-state index contributed by atoms with van der Waals surface area (Å²) in [6, 6.07) is 5.62. The molecule has 0 bridgehead atoms. The zero-order valence-corrected chi connectivity index (χ0v) is 15.4. The minimum Gasteiger partial charge on any atom is -0.398 e. The topological polar surface area (TPSA) is 92.7 Å². The van der Waals surface area contributed by atoms with Gasteiger partial charge in [0.25, 0.3) is 0 Å². The SMILES string of the molecule is CC(C(=O)N1CCCC(C(N)=O)C1)N1CCCc2c(N)cccc21.Cl. The summed E-state index contributed by atoms with van der Waals surface area (Å²) in [4.78, 5) is 28.4. The number of carbonyl (C=O) groups is 2. The third-order valence-corrected chi connectivity index (χ3v) is 5.28. The minimum absolute atomic E-state index is 0. The molecule has 2 unspecified atom stereocenters. The number of hydrogen-bond donors (Lipinski definition) is 2. The van der Waals surface area contributed by atoms with Crippen molar-refractivity contribution in [3.8, 4) is 0 Å². The van der Waals surface area contributed by atoms with Gasteiger partial charge in [0.05, 0.1) is 5.92 Å². The summed E-state index contributed by atoms with van der Waals surface area (Å²) < 4.78 is 0. The van der Waals surface area contributed by atoms with Crippen molar-refractivity contribution in [2.45, 2.75) is 38.6 Å². The minimum atomic E-state index is -0.309. The Morgan fingerprint density at radius 1 is 1.24 bits per heavy atom. The highest BCUT2D eigenvalue weighted by Gasteiger charge is 2.33. The van der Waals surface area contributed by atoms with E-state index in [1.807, 2.05) is 25.1 Å². The van der Waals surface area contributed by atoms with E-state index in [0.717, 1.165) is 49.2 Å². The molecule has 0 aromatic heterocycles. The summed E-state index contributed by atoms with van der Waals surface area (Å²) in [5, 5.41) is 0. The second-order valence-electron chi connectivity index (χ2n) is 6.84. The van der Waals surface area contributed by atoms with Crippen LogP contribution in [0.1, 0.15) is 31.7 Å². The highest BCUT2D eigenvalue weighted by Crippen LogP contribution is 2.33. The Balaban J connectivity index is 0.00000225. The molecule has 0 spiro atoms. The maximum Gasteiger partial charge on any atom is 0.245 e. The first-order chi connectivity index (χ1) is 11.5. The summed E-state index contributed by atoms with van der Waals surface area (Å²) in [5.74, 6) is -0.466. The molecule has 1 fully saturated rings. The number of fused-ring (bicyclic) bond motifs is 1. The van der Waals surface area contributed by atoms with Crippen LogP contribution < -0.4 is 16.4 Å². The number of rotatable bonds is 3. The molecule has 0 radical (unpaired) electrons. The molecule has 0 aliphatic carbocycles. The van der Waals surface area contributed by atoms with Gasteiger partial charge in [0.1, 0.15) is 6.04 Å². The van der Waals surface area contributed by atoms with E-state index in [1.54, 1.807) is 4.90 Å². The Bertz CT molecular complexity index is 652. The number of anilines is 2. The number of amides is 2. The molecular formula is C18H27ClN4O2. The number of benzene rings is 1. The number of carbonyl (C=O) groups excluding carboxylic acids is 2. The Morgan fingerprint density at radius 3 is 2.72 bits per heavy atom. The van der Waals surface area contributed by atoms with E-state index >= 15 is 0 Å². The van der Waals surface area contributed by atoms with Gasteiger partial charge in [0.2, 0.25) is 11.8 Å². The van der Waals surface area contributed by atoms with Crippen molar-refractivity contribution in [1.82, 2.24) is 4.90 Å². The molecule has 7 heteroatoms. The average Bonchev–Trinajstić information content (AvgIpc) is 2.60. The Labute approximate surface area is 154 Å². The molecule has 2 aliphatic heterocycles. The maximum atomic E-state index is 13.0. The lowest BCUT2D eigenvalue weighted by molar-refractivity contribution is -0.135. The second-order valence-corrected chi connectivity index (χ2v) is 6.84. The van der Waals surface area contributed by atoms with Crippen molar-refractivity contribution < 1.29 is 9.59 Å². The number of likely N-dealkylation sites (tertiary alicyclic amines) is 1. The van der Waals surface area contributed by atoms with Crippen LogP contribution in [-0.4, -0.2) is 42.4 Å². The first kappa shape index (κ1) is 19.4. The van der Waals surface area contributed by atoms with Gasteiger partial charge in [-0.1, -0.05) is 6.07 Å². The summed E-state index contributed by atoms with van der Waals surface area (Å²) in [6.07, 6.45) is 3.54.